The molecule has 27 heavy (non-hydrogen) atoms. The Labute approximate surface area is 170 Å². The third-order valence-electron chi connectivity index (χ3n) is 6.15. The highest BCUT2D eigenvalue weighted by molar-refractivity contribution is 5.85. The molecule has 148 valence electrons. The number of carbonyl (C=O) groups excluding carboxylic acids is 1. The van der Waals surface area contributed by atoms with E-state index in [1.807, 2.05) is 12.1 Å². The van der Waals surface area contributed by atoms with E-state index in [4.69, 9.17) is 0 Å². The van der Waals surface area contributed by atoms with Gasteiger partial charge in [0, 0.05) is 32.1 Å². The van der Waals surface area contributed by atoms with Gasteiger partial charge in [-0.2, -0.15) is 4.52 Å². The molecule has 10 heteroatoms. The van der Waals surface area contributed by atoms with Crippen LogP contribution in [0.3, 0.4) is 0 Å². The minimum Gasteiger partial charge on any atom is -0.352 e. The van der Waals surface area contributed by atoms with E-state index in [9.17, 15) is 4.79 Å². The van der Waals surface area contributed by atoms with E-state index in [1.54, 1.807) is 10.8 Å². The number of hydrogen-bond acceptors (Lipinski definition) is 6. The molecule has 1 N–H and O–H groups in total. The van der Waals surface area contributed by atoms with Gasteiger partial charge in [-0.1, -0.05) is 0 Å². The predicted molar refractivity (Wildman–Crippen MR) is 107 cm³/mol. The third-order valence-corrected chi connectivity index (χ3v) is 6.15. The summed E-state index contributed by atoms with van der Waals surface area (Å²) >= 11 is 0. The highest BCUT2D eigenvalue weighted by atomic mass is 35.5. The van der Waals surface area contributed by atoms with Crippen molar-refractivity contribution < 1.29 is 4.79 Å². The van der Waals surface area contributed by atoms with Gasteiger partial charge in [0.25, 0.3) is 0 Å². The summed E-state index contributed by atoms with van der Waals surface area (Å²) in [6.45, 7) is 5.35. The molecule has 3 aliphatic rings. The highest BCUT2D eigenvalue weighted by Crippen LogP contribution is 2.59. The van der Waals surface area contributed by atoms with Crippen LogP contribution in [0.5, 0.6) is 0 Å². The summed E-state index contributed by atoms with van der Waals surface area (Å²) in [4.78, 5) is 17.2. The van der Waals surface area contributed by atoms with Gasteiger partial charge in [0.2, 0.25) is 5.91 Å². The molecule has 1 amide bonds. The lowest BCUT2D eigenvalue weighted by Crippen LogP contribution is -2.50. The van der Waals surface area contributed by atoms with Crippen LogP contribution >= 0.6 is 24.8 Å². The summed E-state index contributed by atoms with van der Waals surface area (Å²) in [5.74, 6) is 1.57. The zero-order valence-electron chi connectivity index (χ0n) is 15.1. The standard InChI is InChI=1S/C17H23N7O.2ClH/c25-16(13-11-17(13)3-5-18-6-4-17)23-9-7-22(8-10-23)15-2-1-14-20-19-12-24(14)21-15;;/h1-2,12-13,18H,3-11H2;2*1H. The molecule has 1 unspecified atom stereocenters. The number of nitrogens with one attached hydrogen (secondary N) is 1. The second-order valence-electron chi connectivity index (χ2n) is 7.51. The molecule has 4 heterocycles. The first-order valence-corrected chi connectivity index (χ1v) is 9.17. The Hall–Kier alpha value is -1.64. The van der Waals surface area contributed by atoms with E-state index < -0.39 is 0 Å². The number of fused-ring (bicyclic) bond motifs is 1. The smallest absolute Gasteiger partial charge is 0.226 e. The molecule has 2 aliphatic heterocycles. The molecule has 5 rings (SSSR count). The van der Waals surface area contributed by atoms with Gasteiger partial charge < -0.3 is 15.1 Å². The second kappa shape index (κ2) is 7.77. The van der Waals surface area contributed by atoms with E-state index in [0.717, 1.165) is 70.0 Å². The molecule has 2 saturated heterocycles. The van der Waals surface area contributed by atoms with Crippen molar-refractivity contribution in [1.82, 2.24) is 30.0 Å². The Morgan fingerprint density at radius 2 is 1.85 bits per heavy atom. The number of hydrogen-bond donors (Lipinski definition) is 1. The van der Waals surface area contributed by atoms with Crippen molar-refractivity contribution in [1.29, 1.82) is 0 Å². The molecule has 1 aliphatic carbocycles. The van der Waals surface area contributed by atoms with Crippen LogP contribution in [0.2, 0.25) is 0 Å². The minimum atomic E-state index is 0. The number of piperazine rings is 1. The van der Waals surface area contributed by atoms with Crippen molar-refractivity contribution >= 4 is 42.2 Å². The van der Waals surface area contributed by atoms with Crippen molar-refractivity contribution in [3.05, 3.63) is 18.5 Å². The van der Waals surface area contributed by atoms with Crippen LogP contribution in [0, 0.1) is 11.3 Å². The van der Waals surface area contributed by atoms with Crippen molar-refractivity contribution in [2.75, 3.05) is 44.2 Å². The normalized spacial score (nSPS) is 23.6. The molecule has 2 aromatic heterocycles. The summed E-state index contributed by atoms with van der Waals surface area (Å²) in [6, 6.07) is 3.91. The van der Waals surface area contributed by atoms with Crippen LogP contribution < -0.4 is 10.2 Å². The van der Waals surface area contributed by atoms with E-state index >= 15 is 0 Å². The monoisotopic (exact) mass is 413 g/mol. The maximum atomic E-state index is 12.9. The summed E-state index contributed by atoms with van der Waals surface area (Å²) < 4.78 is 1.69. The van der Waals surface area contributed by atoms with Crippen LogP contribution in [-0.4, -0.2) is 69.9 Å². The van der Waals surface area contributed by atoms with Crippen LogP contribution in [0.15, 0.2) is 18.5 Å². The molecule has 0 radical (unpaired) electrons. The third kappa shape index (κ3) is 3.58. The first kappa shape index (κ1) is 20.1. The van der Waals surface area contributed by atoms with Crippen molar-refractivity contribution in [2.45, 2.75) is 19.3 Å². The number of piperidine rings is 1. The summed E-state index contributed by atoms with van der Waals surface area (Å²) in [5.41, 5.74) is 1.07. The quantitative estimate of drug-likeness (QED) is 0.791. The highest BCUT2D eigenvalue weighted by Gasteiger charge is 2.58. The van der Waals surface area contributed by atoms with Crippen LogP contribution in [0.4, 0.5) is 5.82 Å². The van der Waals surface area contributed by atoms with Gasteiger partial charge in [0.1, 0.15) is 12.1 Å². The lowest BCUT2D eigenvalue weighted by atomic mass is 9.91. The summed E-state index contributed by atoms with van der Waals surface area (Å²) in [7, 11) is 0. The molecule has 1 spiro atoms. The molecule has 8 nitrogen and oxygen atoms in total. The van der Waals surface area contributed by atoms with E-state index in [2.05, 4.69) is 30.4 Å². The maximum Gasteiger partial charge on any atom is 0.226 e. The molecular weight excluding hydrogens is 389 g/mol. The van der Waals surface area contributed by atoms with Gasteiger partial charge in [0.05, 0.1) is 0 Å². The minimum absolute atomic E-state index is 0. The number of anilines is 1. The zero-order chi connectivity index (χ0) is 16.9. The van der Waals surface area contributed by atoms with Crippen LogP contribution in [0.25, 0.3) is 5.65 Å². The Morgan fingerprint density at radius 3 is 2.59 bits per heavy atom. The van der Waals surface area contributed by atoms with Gasteiger partial charge in [0.15, 0.2) is 5.65 Å². The number of aromatic nitrogens is 4. The molecule has 0 bridgehead atoms. The molecular formula is C17H25Cl2N7O. The molecule has 0 aromatic carbocycles. The molecule has 2 aromatic rings. The summed E-state index contributed by atoms with van der Waals surface area (Å²) in [5, 5.41) is 15.8. The van der Waals surface area contributed by atoms with Crippen LogP contribution in [-0.2, 0) is 4.79 Å². The first-order valence-electron chi connectivity index (χ1n) is 9.17. The lowest BCUT2D eigenvalue weighted by Gasteiger charge is -2.36. The number of nitrogens with zero attached hydrogens (tertiary/aromatic N) is 6. The number of carbonyl (C=O) groups is 1. The summed E-state index contributed by atoms with van der Waals surface area (Å²) in [6.07, 6.45) is 5.03. The van der Waals surface area contributed by atoms with Crippen molar-refractivity contribution in [3.8, 4) is 0 Å². The number of rotatable bonds is 2. The zero-order valence-corrected chi connectivity index (χ0v) is 16.7. The van der Waals surface area contributed by atoms with Gasteiger partial charge in [-0.15, -0.1) is 40.1 Å². The average Bonchev–Trinajstić information content (AvgIpc) is 3.14. The predicted octanol–water partition coefficient (Wildman–Crippen LogP) is 1.01. The topological polar surface area (TPSA) is 78.7 Å². The van der Waals surface area contributed by atoms with Crippen molar-refractivity contribution in [2.24, 2.45) is 11.3 Å². The molecule has 1 saturated carbocycles. The van der Waals surface area contributed by atoms with E-state index in [1.165, 1.54) is 0 Å². The Bertz CT molecular complexity index is 799. The van der Waals surface area contributed by atoms with Gasteiger partial charge in [-0.25, -0.2) is 0 Å². The fraction of sp³-hybridized carbons (Fsp3) is 0.647. The maximum absolute atomic E-state index is 12.9. The van der Waals surface area contributed by atoms with E-state index in [-0.39, 0.29) is 30.7 Å². The fourth-order valence-corrected chi connectivity index (χ4v) is 4.44. The van der Waals surface area contributed by atoms with Crippen molar-refractivity contribution in [3.63, 3.8) is 0 Å². The Balaban J connectivity index is 0.00000105. The SMILES string of the molecule is Cl.Cl.O=C(C1CC12CCNCC2)N1CCN(c2ccc3nncn3n2)CC1. The van der Waals surface area contributed by atoms with Crippen LogP contribution in [0.1, 0.15) is 19.3 Å². The molecule has 1 atom stereocenters. The lowest BCUT2D eigenvalue weighted by molar-refractivity contribution is -0.133. The fourth-order valence-electron chi connectivity index (χ4n) is 4.44. The Kier molecular flexibility index (Phi) is 5.79. The average molecular weight is 414 g/mol. The number of halogens is 2. The van der Waals surface area contributed by atoms with E-state index in [0.29, 0.717) is 11.3 Å². The van der Waals surface area contributed by atoms with Gasteiger partial charge in [-0.3, -0.25) is 4.79 Å². The molecule has 3 fully saturated rings. The first-order chi connectivity index (χ1) is 12.3. The second-order valence-corrected chi connectivity index (χ2v) is 7.51. The van der Waals surface area contributed by atoms with Gasteiger partial charge in [-0.05, 0) is 49.9 Å². The largest absolute Gasteiger partial charge is 0.352 e. The number of amides is 1. The Morgan fingerprint density at radius 1 is 1.11 bits per heavy atom. The van der Waals surface area contributed by atoms with Gasteiger partial charge >= 0.3 is 0 Å².